The van der Waals surface area contributed by atoms with Crippen LogP contribution in [0, 0.1) is 0 Å². The van der Waals surface area contributed by atoms with Crippen molar-refractivity contribution < 1.29 is 8.42 Å². The molecule has 1 aromatic carbocycles. The zero-order chi connectivity index (χ0) is 14.0. The van der Waals surface area contributed by atoms with Crippen LogP contribution in [-0.2, 0) is 23.1 Å². The average Bonchev–Trinajstić information content (AvgIpc) is 2.86. The van der Waals surface area contributed by atoms with Gasteiger partial charge in [-0.2, -0.15) is 4.31 Å². The van der Waals surface area contributed by atoms with Gasteiger partial charge in [-0.05, 0) is 36.6 Å². The van der Waals surface area contributed by atoms with Crippen LogP contribution in [0.15, 0.2) is 23.1 Å². The molecule has 1 aliphatic rings. The fourth-order valence-corrected chi connectivity index (χ4v) is 4.25. The van der Waals surface area contributed by atoms with E-state index < -0.39 is 10.0 Å². The molecule has 2 rings (SSSR count). The summed E-state index contributed by atoms with van der Waals surface area (Å²) in [6.45, 7) is 7.95. The SMILES string of the molecule is CCC(C)N(CC)S(=O)(=O)c1ccc2c(c1)CNC2. The third kappa shape index (κ3) is 2.68. The monoisotopic (exact) mass is 282 g/mol. The predicted molar refractivity (Wildman–Crippen MR) is 76.3 cm³/mol. The Bertz CT molecular complexity index is 555. The van der Waals surface area contributed by atoms with Crippen LogP contribution in [0.1, 0.15) is 38.3 Å². The molecule has 1 aliphatic heterocycles. The van der Waals surface area contributed by atoms with Crippen LogP contribution in [0.4, 0.5) is 0 Å². The molecule has 1 atom stereocenters. The molecule has 0 amide bonds. The first-order valence-electron chi connectivity index (χ1n) is 6.85. The molecule has 1 N–H and O–H groups in total. The molecule has 1 unspecified atom stereocenters. The quantitative estimate of drug-likeness (QED) is 0.899. The number of rotatable bonds is 5. The highest BCUT2D eigenvalue weighted by molar-refractivity contribution is 7.89. The van der Waals surface area contributed by atoms with Crippen LogP contribution in [-0.4, -0.2) is 25.3 Å². The lowest BCUT2D eigenvalue weighted by molar-refractivity contribution is 0.342. The van der Waals surface area contributed by atoms with E-state index in [0.29, 0.717) is 11.4 Å². The number of nitrogens with one attached hydrogen (secondary N) is 1. The van der Waals surface area contributed by atoms with Crippen molar-refractivity contribution >= 4 is 10.0 Å². The van der Waals surface area contributed by atoms with E-state index in [9.17, 15) is 8.42 Å². The van der Waals surface area contributed by atoms with Crippen molar-refractivity contribution in [2.75, 3.05) is 6.54 Å². The molecule has 4 nitrogen and oxygen atoms in total. The molecular weight excluding hydrogens is 260 g/mol. The molecule has 1 heterocycles. The number of sulfonamides is 1. The molecule has 0 aliphatic carbocycles. The fraction of sp³-hybridized carbons (Fsp3) is 0.571. The molecule has 0 saturated heterocycles. The van der Waals surface area contributed by atoms with Gasteiger partial charge >= 0.3 is 0 Å². The Labute approximate surface area is 115 Å². The van der Waals surface area contributed by atoms with Crippen molar-refractivity contribution in [3.63, 3.8) is 0 Å². The molecule has 0 spiro atoms. The third-order valence-corrected chi connectivity index (χ3v) is 5.89. The minimum atomic E-state index is -3.38. The van der Waals surface area contributed by atoms with Crippen LogP contribution < -0.4 is 5.32 Å². The van der Waals surface area contributed by atoms with Gasteiger partial charge in [-0.1, -0.05) is 19.9 Å². The Morgan fingerprint density at radius 2 is 1.95 bits per heavy atom. The van der Waals surface area contributed by atoms with Gasteiger partial charge in [0.15, 0.2) is 0 Å². The molecule has 0 saturated carbocycles. The Balaban J connectivity index is 2.38. The highest BCUT2D eigenvalue weighted by Gasteiger charge is 2.27. The standard InChI is InChI=1S/C14H22N2O2S/c1-4-11(3)16(5-2)19(17,18)14-7-6-12-9-15-10-13(12)8-14/h6-8,11,15H,4-5,9-10H2,1-3H3. The van der Waals surface area contributed by atoms with Gasteiger partial charge in [-0.15, -0.1) is 0 Å². The van der Waals surface area contributed by atoms with Gasteiger partial charge in [0.1, 0.15) is 0 Å². The van der Waals surface area contributed by atoms with Crippen molar-refractivity contribution in [1.82, 2.24) is 9.62 Å². The summed E-state index contributed by atoms with van der Waals surface area (Å²) in [4.78, 5) is 0.414. The first-order chi connectivity index (χ1) is 9.00. The highest BCUT2D eigenvalue weighted by Crippen LogP contribution is 2.24. The second-order valence-electron chi connectivity index (χ2n) is 5.00. The van der Waals surface area contributed by atoms with Gasteiger partial charge < -0.3 is 5.32 Å². The summed E-state index contributed by atoms with van der Waals surface area (Å²) >= 11 is 0. The van der Waals surface area contributed by atoms with Gasteiger partial charge in [-0.25, -0.2) is 8.42 Å². The zero-order valence-electron chi connectivity index (χ0n) is 11.8. The molecular formula is C14H22N2O2S. The highest BCUT2D eigenvalue weighted by atomic mass is 32.2. The van der Waals surface area contributed by atoms with Gasteiger partial charge in [0.05, 0.1) is 4.90 Å². The van der Waals surface area contributed by atoms with Crippen molar-refractivity contribution in [2.24, 2.45) is 0 Å². The Kier molecular flexibility index (Phi) is 4.28. The van der Waals surface area contributed by atoms with Crippen molar-refractivity contribution in [3.8, 4) is 0 Å². The minimum absolute atomic E-state index is 0.0291. The predicted octanol–water partition coefficient (Wildman–Crippen LogP) is 2.10. The Morgan fingerprint density at radius 3 is 2.58 bits per heavy atom. The van der Waals surface area contributed by atoms with Gasteiger partial charge in [0.25, 0.3) is 0 Å². The number of hydrogen-bond acceptors (Lipinski definition) is 3. The summed E-state index contributed by atoms with van der Waals surface area (Å²) in [5.41, 5.74) is 2.30. The summed E-state index contributed by atoms with van der Waals surface area (Å²) in [5.74, 6) is 0. The summed E-state index contributed by atoms with van der Waals surface area (Å²) in [7, 11) is -3.38. The number of fused-ring (bicyclic) bond motifs is 1. The first kappa shape index (κ1) is 14.5. The van der Waals surface area contributed by atoms with Gasteiger partial charge in [-0.3, -0.25) is 0 Å². The molecule has 19 heavy (non-hydrogen) atoms. The largest absolute Gasteiger partial charge is 0.309 e. The first-order valence-corrected chi connectivity index (χ1v) is 8.29. The van der Waals surface area contributed by atoms with Crippen molar-refractivity contribution in [3.05, 3.63) is 29.3 Å². The average molecular weight is 282 g/mol. The van der Waals surface area contributed by atoms with E-state index >= 15 is 0 Å². The molecule has 1 aromatic rings. The maximum atomic E-state index is 12.7. The summed E-state index contributed by atoms with van der Waals surface area (Å²) in [5, 5.41) is 3.24. The summed E-state index contributed by atoms with van der Waals surface area (Å²) in [6.07, 6.45) is 0.819. The van der Waals surface area contributed by atoms with E-state index in [1.165, 1.54) is 5.56 Å². The molecule has 0 aromatic heterocycles. The van der Waals surface area contributed by atoms with Crippen molar-refractivity contribution in [2.45, 2.75) is 51.2 Å². The van der Waals surface area contributed by atoms with E-state index in [1.807, 2.05) is 32.9 Å². The molecule has 5 heteroatoms. The van der Waals surface area contributed by atoms with Crippen LogP contribution in [0.3, 0.4) is 0 Å². The van der Waals surface area contributed by atoms with E-state index in [4.69, 9.17) is 0 Å². The smallest absolute Gasteiger partial charge is 0.243 e. The van der Waals surface area contributed by atoms with Crippen molar-refractivity contribution in [1.29, 1.82) is 0 Å². The van der Waals surface area contributed by atoms with E-state index in [2.05, 4.69) is 5.32 Å². The normalized spacial score (nSPS) is 16.6. The number of nitrogens with zero attached hydrogens (tertiary/aromatic N) is 1. The zero-order valence-corrected chi connectivity index (χ0v) is 12.6. The van der Waals surface area contributed by atoms with E-state index in [1.54, 1.807) is 10.4 Å². The lowest BCUT2D eigenvalue weighted by Gasteiger charge is -2.26. The van der Waals surface area contributed by atoms with E-state index in [0.717, 1.165) is 25.1 Å². The van der Waals surface area contributed by atoms with Gasteiger partial charge in [0.2, 0.25) is 10.0 Å². The maximum absolute atomic E-state index is 12.7. The topological polar surface area (TPSA) is 49.4 Å². The van der Waals surface area contributed by atoms with E-state index in [-0.39, 0.29) is 6.04 Å². The van der Waals surface area contributed by atoms with Crippen LogP contribution in [0.25, 0.3) is 0 Å². The molecule has 0 bridgehead atoms. The summed E-state index contributed by atoms with van der Waals surface area (Å²) < 4.78 is 26.9. The van der Waals surface area contributed by atoms with Crippen LogP contribution in [0.2, 0.25) is 0 Å². The Morgan fingerprint density at radius 1 is 1.26 bits per heavy atom. The maximum Gasteiger partial charge on any atom is 0.243 e. The second kappa shape index (κ2) is 5.61. The summed E-state index contributed by atoms with van der Waals surface area (Å²) in [6, 6.07) is 5.50. The molecule has 0 fully saturated rings. The molecule has 106 valence electrons. The second-order valence-corrected chi connectivity index (χ2v) is 6.89. The molecule has 0 radical (unpaired) electrons. The third-order valence-electron chi connectivity index (χ3n) is 3.81. The van der Waals surface area contributed by atoms with Crippen LogP contribution in [0.5, 0.6) is 0 Å². The number of hydrogen-bond donors (Lipinski definition) is 1. The number of benzene rings is 1. The lowest BCUT2D eigenvalue weighted by atomic mass is 10.1. The minimum Gasteiger partial charge on any atom is -0.309 e. The fourth-order valence-electron chi connectivity index (χ4n) is 2.49. The van der Waals surface area contributed by atoms with Gasteiger partial charge in [0, 0.05) is 25.7 Å². The van der Waals surface area contributed by atoms with Crippen LogP contribution >= 0.6 is 0 Å². The Hall–Kier alpha value is -0.910. The lowest BCUT2D eigenvalue weighted by Crippen LogP contribution is -2.38.